The molecule has 2 amide bonds. The van der Waals surface area contributed by atoms with Crippen LogP contribution in [0.1, 0.15) is 54.7 Å². The standard InChI is InChI=1S/C18H24N4O3/c1-22-17(10-15(21-22)12-4-3-8-24-11-12)20-18(23)19-14-5-2-6-16-13(14)7-9-25-16/h7,9-10,12,14H,2-6,8,11H2,1H3,(H2,19,20,23)/t12-,14-/m1/s1. The van der Waals surface area contributed by atoms with Crippen LogP contribution in [0.4, 0.5) is 10.6 Å². The molecule has 2 N–H and O–H groups in total. The van der Waals surface area contributed by atoms with Crippen molar-refractivity contribution in [2.75, 3.05) is 18.5 Å². The molecule has 1 fully saturated rings. The van der Waals surface area contributed by atoms with E-state index in [0.29, 0.717) is 18.3 Å². The Kier molecular flexibility index (Phi) is 4.48. The van der Waals surface area contributed by atoms with E-state index < -0.39 is 0 Å². The molecule has 0 spiro atoms. The third-order valence-corrected chi connectivity index (χ3v) is 5.08. The molecule has 7 heteroatoms. The van der Waals surface area contributed by atoms with Crippen molar-refractivity contribution in [1.29, 1.82) is 0 Å². The molecule has 1 aliphatic heterocycles. The van der Waals surface area contributed by atoms with Gasteiger partial charge in [0.1, 0.15) is 11.6 Å². The quantitative estimate of drug-likeness (QED) is 0.896. The number of furan rings is 1. The average molecular weight is 344 g/mol. The fourth-order valence-corrected chi connectivity index (χ4v) is 3.73. The summed E-state index contributed by atoms with van der Waals surface area (Å²) < 4.78 is 12.7. The molecular formula is C18H24N4O3. The lowest BCUT2D eigenvalue weighted by Gasteiger charge is -2.22. The lowest BCUT2D eigenvalue weighted by atomic mass is 9.93. The maximum atomic E-state index is 12.4. The Bertz CT molecular complexity index is 745. The van der Waals surface area contributed by atoms with Crippen LogP contribution in [-0.2, 0) is 18.2 Å². The van der Waals surface area contributed by atoms with E-state index in [4.69, 9.17) is 9.15 Å². The van der Waals surface area contributed by atoms with Crippen LogP contribution in [0.15, 0.2) is 22.8 Å². The number of nitrogens with one attached hydrogen (secondary N) is 2. The summed E-state index contributed by atoms with van der Waals surface area (Å²) in [4.78, 5) is 12.4. The van der Waals surface area contributed by atoms with E-state index in [1.807, 2.05) is 19.2 Å². The van der Waals surface area contributed by atoms with E-state index >= 15 is 0 Å². The maximum Gasteiger partial charge on any atom is 0.320 e. The highest BCUT2D eigenvalue weighted by Crippen LogP contribution is 2.30. The minimum absolute atomic E-state index is 0.00180. The van der Waals surface area contributed by atoms with Crippen molar-refractivity contribution in [3.05, 3.63) is 35.4 Å². The molecule has 0 bridgehead atoms. The molecule has 1 saturated heterocycles. The van der Waals surface area contributed by atoms with Gasteiger partial charge in [-0.1, -0.05) is 0 Å². The molecule has 0 unspecified atom stereocenters. The number of carbonyl (C=O) groups excluding carboxylic acids is 1. The van der Waals surface area contributed by atoms with Crippen molar-refractivity contribution in [3.63, 3.8) is 0 Å². The van der Waals surface area contributed by atoms with Gasteiger partial charge < -0.3 is 14.5 Å². The van der Waals surface area contributed by atoms with Gasteiger partial charge in [0, 0.05) is 37.6 Å². The zero-order valence-corrected chi connectivity index (χ0v) is 14.5. The summed E-state index contributed by atoms with van der Waals surface area (Å²) in [7, 11) is 1.84. The van der Waals surface area contributed by atoms with Crippen molar-refractivity contribution < 1.29 is 13.9 Å². The number of hydrogen-bond donors (Lipinski definition) is 2. The van der Waals surface area contributed by atoms with Crippen molar-refractivity contribution in [2.45, 2.75) is 44.1 Å². The number of carbonyl (C=O) groups is 1. The predicted octanol–water partition coefficient (Wildman–Crippen LogP) is 3.11. The number of amides is 2. The summed E-state index contributed by atoms with van der Waals surface area (Å²) in [5.41, 5.74) is 2.07. The van der Waals surface area contributed by atoms with E-state index in [-0.39, 0.29) is 12.1 Å². The van der Waals surface area contributed by atoms with Gasteiger partial charge >= 0.3 is 6.03 Å². The monoisotopic (exact) mass is 344 g/mol. The minimum Gasteiger partial charge on any atom is -0.469 e. The van der Waals surface area contributed by atoms with Gasteiger partial charge in [-0.2, -0.15) is 5.10 Å². The number of nitrogens with zero attached hydrogens (tertiary/aromatic N) is 2. The van der Waals surface area contributed by atoms with E-state index in [1.165, 1.54) is 0 Å². The van der Waals surface area contributed by atoms with Crippen LogP contribution in [0, 0.1) is 0 Å². The predicted molar refractivity (Wildman–Crippen MR) is 92.5 cm³/mol. The van der Waals surface area contributed by atoms with Crippen LogP contribution in [0.5, 0.6) is 0 Å². The molecule has 7 nitrogen and oxygen atoms in total. The van der Waals surface area contributed by atoms with Crippen LogP contribution in [0.25, 0.3) is 0 Å². The summed E-state index contributed by atoms with van der Waals surface area (Å²) in [5, 5.41) is 10.5. The van der Waals surface area contributed by atoms with Crippen LogP contribution in [0.3, 0.4) is 0 Å². The fourth-order valence-electron chi connectivity index (χ4n) is 3.73. The fraction of sp³-hybridized carbons (Fsp3) is 0.556. The van der Waals surface area contributed by atoms with E-state index in [2.05, 4.69) is 15.7 Å². The SMILES string of the molecule is Cn1nc([C@@H]2CCCOC2)cc1NC(=O)N[C@@H]1CCCc2occc21. The number of aryl methyl sites for hydroxylation is 2. The topological polar surface area (TPSA) is 81.3 Å². The molecule has 2 aliphatic rings. The highest BCUT2D eigenvalue weighted by molar-refractivity contribution is 5.88. The second kappa shape index (κ2) is 6.92. The summed E-state index contributed by atoms with van der Waals surface area (Å²) in [6.07, 6.45) is 6.71. The number of aromatic nitrogens is 2. The molecular weight excluding hydrogens is 320 g/mol. The van der Waals surface area contributed by atoms with Crippen molar-refractivity contribution in [2.24, 2.45) is 7.05 Å². The lowest BCUT2D eigenvalue weighted by molar-refractivity contribution is 0.0791. The summed E-state index contributed by atoms with van der Waals surface area (Å²) in [6, 6.07) is 3.68. The molecule has 0 saturated carbocycles. The Morgan fingerprint density at radius 3 is 3.12 bits per heavy atom. The largest absolute Gasteiger partial charge is 0.469 e. The first-order chi connectivity index (χ1) is 12.2. The van der Waals surface area contributed by atoms with E-state index in [1.54, 1.807) is 10.9 Å². The summed E-state index contributed by atoms with van der Waals surface area (Å²) in [5.74, 6) is 1.99. The van der Waals surface area contributed by atoms with Crippen LogP contribution in [-0.4, -0.2) is 29.0 Å². The first kappa shape index (κ1) is 16.2. The van der Waals surface area contributed by atoms with Crippen molar-refractivity contribution >= 4 is 11.8 Å². The normalized spacial score (nSPS) is 23.1. The Morgan fingerprint density at radius 2 is 2.28 bits per heavy atom. The number of anilines is 1. The Hall–Kier alpha value is -2.28. The third-order valence-electron chi connectivity index (χ3n) is 5.08. The first-order valence-corrected chi connectivity index (χ1v) is 8.96. The molecule has 2 aromatic rings. The molecule has 3 heterocycles. The molecule has 25 heavy (non-hydrogen) atoms. The van der Waals surface area contributed by atoms with Gasteiger partial charge in [-0.15, -0.1) is 0 Å². The van der Waals surface area contributed by atoms with Gasteiger partial charge in [0.05, 0.1) is 24.6 Å². The second-order valence-electron chi connectivity index (χ2n) is 6.83. The van der Waals surface area contributed by atoms with Gasteiger partial charge in [-0.25, -0.2) is 4.79 Å². The Morgan fingerprint density at radius 1 is 1.36 bits per heavy atom. The van der Waals surface area contributed by atoms with Gasteiger partial charge in [-0.05, 0) is 31.7 Å². The van der Waals surface area contributed by atoms with E-state index in [0.717, 1.165) is 55.7 Å². The molecule has 134 valence electrons. The highest BCUT2D eigenvalue weighted by atomic mass is 16.5. The van der Waals surface area contributed by atoms with Crippen LogP contribution in [0.2, 0.25) is 0 Å². The average Bonchev–Trinajstić information content (AvgIpc) is 3.23. The van der Waals surface area contributed by atoms with Gasteiger partial charge in [0.25, 0.3) is 0 Å². The molecule has 4 rings (SSSR count). The van der Waals surface area contributed by atoms with E-state index in [9.17, 15) is 4.79 Å². The zero-order chi connectivity index (χ0) is 17.2. The minimum atomic E-state index is -0.214. The van der Waals surface area contributed by atoms with Crippen molar-refractivity contribution in [3.8, 4) is 0 Å². The number of rotatable bonds is 3. The number of fused-ring (bicyclic) bond motifs is 1. The van der Waals surface area contributed by atoms with Crippen molar-refractivity contribution in [1.82, 2.24) is 15.1 Å². The molecule has 1 aliphatic carbocycles. The summed E-state index contributed by atoms with van der Waals surface area (Å²) in [6.45, 7) is 1.53. The number of urea groups is 1. The van der Waals surface area contributed by atoms with Gasteiger partial charge in [-0.3, -0.25) is 10.00 Å². The maximum absolute atomic E-state index is 12.4. The Balaban J connectivity index is 1.41. The molecule has 0 radical (unpaired) electrons. The number of hydrogen-bond acceptors (Lipinski definition) is 4. The first-order valence-electron chi connectivity index (χ1n) is 8.96. The molecule has 2 atom stereocenters. The smallest absolute Gasteiger partial charge is 0.320 e. The van der Waals surface area contributed by atoms with Crippen LogP contribution < -0.4 is 10.6 Å². The summed E-state index contributed by atoms with van der Waals surface area (Å²) >= 11 is 0. The third kappa shape index (κ3) is 3.42. The van der Waals surface area contributed by atoms with Gasteiger partial charge in [0.15, 0.2) is 0 Å². The zero-order valence-electron chi connectivity index (χ0n) is 14.5. The second-order valence-corrected chi connectivity index (χ2v) is 6.83. The van der Waals surface area contributed by atoms with Gasteiger partial charge in [0.2, 0.25) is 0 Å². The van der Waals surface area contributed by atoms with Crippen LogP contribution >= 0.6 is 0 Å². The molecule has 0 aromatic carbocycles. The number of ether oxygens (including phenoxy) is 1. The lowest BCUT2D eigenvalue weighted by Crippen LogP contribution is -2.34. The Labute approximate surface area is 146 Å². The molecule has 2 aromatic heterocycles. The highest BCUT2D eigenvalue weighted by Gasteiger charge is 2.25.